The SMILES string of the molecule is CC1Cc2nn3c(c2CN1C(=O)Nc1ccc(F)c(C#N)c1)-c1ncccc1CCC3. The van der Waals surface area contributed by atoms with Crippen LogP contribution in [0.25, 0.3) is 11.4 Å². The molecule has 0 bridgehead atoms. The number of aromatic nitrogens is 3. The summed E-state index contributed by atoms with van der Waals surface area (Å²) in [6.45, 7) is 3.23. The zero-order valence-corrected chi connectivity index (χ0v) is 17.1. The van der Waals surface area contributed by atoms with Gasteiger partial charge in [0.2, 0.25) is 0 Å². The van der Waals surface area contributed by atoms with Gasteiger partial charge in [0.15, 0.2) is 0 Å². The molecule has 5 rings (SSSR count). The molecule has 0 saturated heterocycles. The van der Waals surface area contributed by atoms with E-state index in [1.807, 2.05) is 17.7 Å². The first-order valence-electron chi connectivity index (χ1n) is 10.3. The third kappa shape index (κ3) is 3.32. The number of aryl methyl sites for hydroxylation is 2. The zero-order valence-electron chi connectivity index (χ0n) is 17.1. The van der Waals surface area contributed by atoms with Crippen LogP contribution in [0.5, 0.6) is 0 Å². The van der Waals surface area contributed by atoms with E-state index >= 15 is 0 Å². The van der Waals surface area contributed by atoms with Crippen molar-refractivity contribution in [2.75, 3.05) is 5.32 Å². The maximum absolute atomic E-state index is 13.6. The Morgan fingerprint density at radius 1 is 1.35 bits per heavy atom. The standard InChI is InChI=1S/C23H21FN6O/c1-14-10-20-18(22-21-15(4-2-8-26-21)5-3-9-30(22)28-20)13-29(14)23(31)27-17-6-7-19(24)16(11-17)12-25/h2,4,6-8,11,14H,3,5,9-10,13H2,1H3,(H,27,31). The van der Waals surface area contributed by atoms with Crippen LogP contribution >= 0.6 is 0 Å². The number of benzene rings is 1. The van der Waals surface area contributed by atoms with E-state index in [1.54, 1.807) is 17.2 Å². The van der Waals surface area contributed by atoms with Crippen molar-refractivity contribution in [2.45, 2.75) is 45.3 Å². The minimum atomic E-state index is -0.606. The third-order valence-corrected chi connectivity index (χ3v) is 6.01. The lowest BCUT2D eigenvalue weighted by Gasteiger charge is -2.33. The minimum Gasteiger partial charge on any atom is -0.317 e. The second-order valence-electron chi connectivity index (χ2n) is 8.03. The van der Waals surface area contributed by atoms with Gasteiger partial charge in [0, 0.05) is 36.5 Å². The highest BCUT2D eigenvalue weighted by Gasteiger charge is 2.33. The number of anilines is 1. The lowest BCUT2D eigenvalue weighted by atomic mass is 9.97. The Morgan fingerprint density at radius 3 is 3.06 bits per heavy atom. The molecule has 0 radical (unpaired) electrons. The van der Waals surface area contributed by atoms with Crippen molar-refractivity contribution >= 4 is 11.7 Å². The largest absolute Gasteiger partial charge is 0.322 e. The van der Waals surface area contributed by atoms with E-state index in [4.69, 9.17) is 10.4 Å². The molecule has 2 aliphatic rings. The van der Waals surface area contributed by atoms with Crippen molar-refractivity contribution in [1.29, 1.82) is 5.26 Å². The molecule has 1 unspecified atom stereocenters. The average molecular weight is 416 g/mol. The molecule has 8 heteroatoms. The Morgan fingerprint density at radius 2 is 2.23 bits per heavy atom. The van der Waals surface area contributed by atoms with Crippen LogP contribution in [0.1, 0.15) is 35.7 Å². The van der Waals surface area contributed by atoms with E-state index in [-0.39, 0.29) is 17.6 Å². The predicted molar refractivity (Wildman–Crippen MR) is 113 cm³/mol. The van der Waals surface area contributed by atoms with E-state index in [2.05, 4.69) is 16.4 Å². The molecular weight excluding hydrogens is 395 g/mol. The summed E-state index contributed by atoms with van der Waals surface area (Å²) < 4.78 is 15.6. The fourth-order valence-corrected chi connectivity index (χ4v) is 4.45. The molecule has 0 saturated carbocycles. The predicted octanol–water partition coefficient (Wildman–Crippen LogP) is 3.88. The fourth-order valence-electron chi connectivity index (χ4n) is 4.45. The Kier molecular flexibility index (Phi) is 4.66. The van der Waals surface area contributed by atoms with E-state index in [0.717, 1.165) is 42.0 Å². The van der Waals surface area contributed by atoms with Gasteiger partial charge in [-0.25, -0.2) is 9.18 Å². The Hall–Kier alpha value is -3.73. The van der Waals surface area contributed by atoms with Crippen molar-refractivity contribution in [3.63, 3.8) is 0 Å². The average Bonchev–Trinajstić information content (AvgIpc) is 3.00. The first-order chi connectivity index (χ1) is 15.0. The number of hydrogen-bond acceptors (Lipinski definition) is 4. The van der Waals surface area contributed by atoms with Gasteiger partial charge in [-0.3, -0.25) is 9.67 Å². The Bertz CT molecular complexity index is 1230. The van der Waals surface area contributed by atoms with Crippen LogP contribution < -0.4 is 5.32 Å². The van der Waals surface area contributed by atoms with E-state index in [0.29, 0.717) is 18.7 Å². The van der Waals surface area contributed by atoms with E-state index in [9.17, 15) is 9.18 Å². The van der Waals surface area contributed by atoms with Crippen LogP contribution in [0.4, 0.5) is 14.9 Å². The minimum absolute atomic E-state index is 0.0503. The molecule has 0 aliphatic carbocycles. The summed E-state index contributed by atoms with van der Waals surface area (Å²) in [6, 6.07) is 9.51. The molecule has 0 fully saturated rings. The molecule has 4 heterocycles. The van der Waals surface area contributed by atoms with Gasteiger partial charge in [-0.05, 0) is 49.6 Å². The van der Waals surface area contributed by atoms with Crippen molar-refractivity contribution in [1.82, 2.24) is 19.7 Å². The summed E-state index contributed by atoms with van der Waals surface area (Å²) in [4.78, 5) is 19.5. The van der Waals surface area contributed by atoms with E-state index in [1.165, 1.54) is 23.8 Å². The number of hydrogen-bond donors (Lipinski definition) is 1. The van der Waals surface area contributed by atoms with Gasteiger partial charge in [-0.15, -0.1) is 0 Å². The number of carbonyl (C=O) groups excluding carboxylic acids is 1. The number of carbonyl (C=O) groups is 1. The summed E-state index contributed by atoms with van der Waals surface area (Å²) in [5.74, 6) is -0.606. The number of nitrogens with one attached hydrogen (secondary N) is 1. The van der Waals surface area contributed by atoms with Gasteiger partial charge in [-0.2, -0.15) is 10.4 Å². The van der Waals surface area contributed by atoms with Crippen LogP contribution in [-0.4, -0.2) is 31.7 Å². The number of rotatable bonds is 1. The molecule has 2 aromatic heterocycles. The molecule has 156 valence electrons. The highest BCUT2D eigenvalue weighted by molar-refractivity contribution is 5.90. The number of urea groups is 1. The molecule has 1 N–H and O–H groups in total. The first-order valence-corrected chi connectivity index (χ1v) is 10.3. The molecule has 3 aromatic rings. The van der Waals surface area contributed by atoms with Crippen LogP contribution in [0.3, 0.4) is 0 Å². The lowest BCUT2D eigenvalue weighted by molar-refractivity contribution is 0.182. The summed E-state index contributed by atoms with van der Waals surface area (Å²) in [5.41, 5.74) is 5.49. The number of nitriles is 1. The molecule has 31 heavy (non-hydrogen) atoms. The number of halogens is 1. The lowest BCUT2D eigenvalue weighted by Crippen LogP contribution is -2.44. The van der Waals surface area contributed by atoms with Gasteiger partial charge in [-0.1, -0.05) is 6.07 Å². The van der Waals surface area contributed by atoms with Crippen molar-refractivity contribution in [2.24, 2.45) is 0 Å². The van der Waals surface area contributed by atoms with Crippen molar-refractivity contribution in [3.8, 4) is 17.5 Å². The third-order valence-electron chi connectivity index (χ3n) is 6.01. The Balaban J connectivity index is 1.47. The van der Waals surface area contributed by atoms with Crippen LogP contribution in [0, 0.1) is 17.1 Å². The molecular formula is C23H21FN6O. The van der Waals surface area contributed by atoms with Crippen LogP contribution in [-0.2, 0) is 25.9 Å². The zero-order chi connectivity index (χ0) is 21.5. The van der Waals surface area contributed by atoms with Crippen LogP contribution in [0.2, 0.25) is 0 Å². The van der Waals surface area contributed by atoms with Gasteiger partial charge in [0.05, 0.1) is 29.2 Å². The van der Waals surface area contributed by atoms with E-state index < -0.39 is 5.82 Å². The van der Waals surface area contributed by atoms with Crippen molar-refractivity contribution < 1.29 is 9.18 Å². The van der Waals surface area contributed by atoms with Gasteiger partial charge in [0.25, 0.3) is 0 Å². The maximum Gasteiger partial charge on any atom is 0.322 e. The molecule has 1 aromatic carbocycles. The Labute approximate surface area is 179 Å². The smallest absolute Gasteiger partial charge is 0.317 e. The molecule has 2 aliphatic heterocycles. The summed E-state index contributed by atoms with van der Waals surface area (Å²) in [7, 11) is 0. The van der Waals surface area contributed by atoms with Gasteiger partial charge in [0.1, 0.15) is 11.9 Å². The van der Waals surface area contributed by atoms with Gasteiger partial charge >= 0.3 is 6.03 Å². The molecule has 2 amide bonds. The monoisotopic (exact) mass is 416 g/mol. The quantitative estimate of drug-likeness (QED) is 0.652. The first kappa shape index (κ1) is 19.2. The molecule has 0 spiro atoms. The second kappa shape index (κ2) is 7.51. The number of amides is 2. The molecule has 7 nitrogen and oxygen atoms in total. The molecule has 1 atom stereocenters. The fraction of sp³-hybridized carbons (Fsp3) is 0.304. The van der Waals surface area contributed by atoms with Crippen molar-refractivity contribution in [3.05, 3.63) is 64.7 Å². The van der Waals surface area contributed by atoms with Crippen LogP contribution in [0.15, 0.2) is 36.5 Å². The highest BCUT2D eigenvalue weighted by atomic mass is 19.1. The normalized spacial score (nSPS) is 17.1. The maximum atomic E-state index is 13.6. The van der Waals surface area contributed by atoms with Gasteiger partial charge < -0.3 is 10.2 Å². The summed E-state index contributed by atoms with van der Waals surface area (Å²) in [6.07, 6.45) is 4.40. The highest BCUT2D eigenvalue weighted by Crippen LogP contribution is 2.35. The topological polar surface area (TPSA) is 86.8 Å². The number of nitrogens with zero attached hydrogens (tertiary/aromatic N) is 5. The summed E-state index contributed by atoms with van der Waals surface area (Å²) in [5, 5.41) is 16.7. The number of fused-ring (bicyclic) bond motifs is 5. The summed E-state index contributed by atoms with van der Waals surface area (Å²) >= 11 is 0. The second-order valence-corrected chi connectivity index (χ2v) is 8.03. The number of pyridine rings is 1.